The average Bonchev–Trinajstić information content (AvgIpc) is 2.13. The van der Waals surface area contributed by atoms with Crippen molar-refractivity contribution in [2.45, 2.75) is 20.1 Å². The molecule has 0 aliphatic rings. The summed E-state index contributed by atoms with van der Waals surface area (Å²) >= 11 is 0. The highest BCUT2D eigenvalue weighted by Gasteiger charge is 2.05. The highest BCUT2D eigenvalue weighted by atomic mass is 16.5. The van der Waals surface area contributed by atoms with Crippen molar-refractivity contribution in [2.24, 2.45) is 0 Å². The SMILES string of the molecule is COCc1ncnc(COC)c1C. The maximum Gasteiger partial charge on any atom is 0.116 e. The summed E-state index contributed by atoms with van der Waals surface area (Å²) in [7, 11) is 3.30. The van der Waals surface area contributed by atoms with Crippen LogP contribution in [0.3, 0.4) is 0 Å². The third-order valence-corrected chi connectivity index (χ3v) is 1.85. The summed E-state index contributed by atoms with van der Waals surface area (Å²) < 4.78 is 10.0. The second kappa shape index (κ2) is 4.89. The zero-order chi connectivity index (χ0) is 9.68. The molecule has 0 aliphatic heterocycles. The van der Waals surface area contributed by atoms with Crippen LogP contribution in [0.5, 0.6) is 0 Å². The fraction of sp³-hybridized carbons (Fsp3) is 0.556. The summed E-state index contributed by atoms with van der Waals surface area (Å²) in [4.78, 5) is 8.24. The lowest BCUT2D eigenvalue weighted by atomic mass is 10.2. The third-order valence-electron chi connectivity index (χ3n) is 1.85. The molecule has 13 heavy (non-hydrogen) atoms. The number of hydrogen-bond acceptors (Lipinski definition) is 4. The smallest absolute Gasteiger partial charge is 0.116 e. The molecule has 1 aromatic heterocycles. The molecule has 0 unspecified atom stereocenters. The number of nitrogens with zero attached hydrogens (tertiary/aromatic N) is 2. The lowest BCUT2D eigenvalue weighted by Crippen LogP contribution is -2.03. The summed E-state index contributed by atoms with van der Waals surface area (Å²) in [5, 5.41) is 0. The number of methoxy groups -OCH3 is 2. The molecular formula is C9H14N2O2. The fourth-order valence-corrected chi connectivity index (χ4v) is 1.09. The second-order valence-electron chi connectivity index (χ2n) is 2.76. The standard InChI is InChI=1S/C9H14N2O2/c1-7-8(4-12-2)10-6-11-9(7)5-13-3/h6H,4-5H2,1-3H3. The van der Waals surface area contributed by atoms with Crippen LogP contribution in [0.25, 0.3) is 0 Å². The molecule has 0 radical (unpaired) electrons. The summed E-state index contributed by atoms with van der Waals surface area (Å²) in [6.07, 6.45) is 1.54. The highest BCUT2D eigenvalue weighted by molar-refractivity contribution is 5.21. The molecule has 0 amide bonds. The van der Waals surface area contributed by atoms with E-state index in [-0.39, 0.29) is 0 Å². The van der Waals surface area contributed by atoms with Crippen LogP contribution in [0.2, 0.25) is 0 Å². The number of rotatable bonds is 4. The molecule has 1 aromatic rings. The molecule has 0 bridgehead atoms. The van der Waals surface area contributed by atoms with Gasteiger partial charge in [0.25, 0.3) is 0 Å². The average molecular weight is 182 g/mol. The molecule has 0 saturated heterocycles. The van der Waals surface area contributed by atoms with Crippen molar-refractivity contribution in [3.05, 3.63) is 23.3 Å². The van der Waals surface area contributed by atoms with E-state index in [2.05, 4.69) is 9.97 Å². The van der Waals surface area contributed by atoms with E-state index in [1.165, 1.54) is 6.33 Å². The fourth-order valence-electron chi connectivity index (χ4n) is 1.09. The van der Waals surface area contributed by atoms with Crippen molar-refractivity contribution in [1.82, 2.24) is 9.97 Å². The molecule has 1 rings (SSSR count). The Hall–Kier alpha value is -1.00. The van der Waals surface area contributed by atoms with Crippen LogP contribution in [0.1, 0.15) is 17.0 Å². The first kappa shape index (κ1) is 10.1. The highest BCUT2D eigenvalue weighted by Crippen LogP contribution is 2.09. The Morgan fingerprint density at radius 2 is 1.54 bits per heavy atom. The van der Waals surface area contributed by atoms with Crippen LogP contribution in [-0.4, -0.2) is 24.2 Å². The van der Waals surface area contributed by atoms with Crippen molar-refractivity contribution in [3.63, 3.8) is 0 Å². The quantitative estimate of drug-likeness (QED) is 0.698. The van der Waals surface area contributed by atoms with Crippen molar-refractivity contribution in [3.8, 4) is 0 Å². The maximum absolute atomic E-state index is 5.01. The molecular weight excluding hydrogens is 168 g/mol. The Kier molecular flexibility index (Phi) is 3.79. The van der Waals surface area contributed by atoms with Gasteiger partial charge in [-0.1, -0.05) is 0 Å². The van der Waals surface area contributed by atoms with E-state index >= 15 is 0 Å². The Morgan fingerprint density at radius 3 is 1.92 bits per heavy atom. The van der Waals surface area contributed by atoms with Gasteiger partial charge >= 0.3 is 0 Å². The molecule has 0 atom stereocenters. The van der Waals surface area contributed by atoms with Gasteiger partial charge in [0.15, 0.2) is 0 Å². The van der Waals surface area contributed by atoms with E-state index in [9.17, 15) is 0 Å². The van der Waals surface area contributed by atoms with E-state index in [0.29, 0.717) is 13.2 Å². The lowest BCUT2D eigenvalue weighted by molar-refractivity contribution is 0.174. The minimum atomic E-state index is 0.519. The second-order valence-corrected chi connectivity index (χ2v) is 2.76. The van der Waals surface area contributed by atoms with Crippen LogP contribution < -0.4 is 0 Å². The predicted octanol–water partition coefficient (Wildman–Crippen LogP) is 1.08. The van der Waals surface area contributed by atoms with E-state index in [4.69, 9.17) is 9.47 Å². The van der Waals surface area contributed by atoms with Gasteiger partial charge in [0.05, 0.1) is 24.6 Å². The van der Waals surface area contributed by atoms with Gasteiger partial charge in [-0.25, -0.2) is 9.97 Å². The molecule has 0 aliphatic carbocycles. The summed E-state index contributed by atoms with van der Waals surface area (Å²) in [5.74, 6) is 0. The summed E-state index contributed by atoms with van der Waals surface area (Å²) in [5.41, 5.74) is 2.89. The zero-order valence-electron chi connectivity index (χ0n) is 8.20. The number of hydrogen-bond donors (Lipinski definition) is 0. The van der Waals surface area contributed by atoms with Gasteiger partial charge in [0.1, 0.15) is 6.33 Å². The molecule has 0 saturated carbocycles. The molecule has 0 fully saturated rings. The van der Waals surface area contributed by atoms with E-state index < -0.39 is 0 Å². The monoisotopic (exact) mass is 182 g/mol. The van der Waals surface area contributed by atoms with E-state index in [1.54, 1.807) is 14.2 Å². The number of ether oxygens (including phenoxy) is 2. The minimum absolute atomic E-state index is 0.519. The van der Waals surface area contributed by atoms with Crippen molar-refractivity contribution in [1.29, 1.82) is 0 Å². The van der Waals surface area contributed by atoms with Crippen LogP contribution in [0.15, 0.2) is 6.33 Å². The predicted molar refractivity (Wildman–Crippen MR) is 48.2 cm³/mol. The van der Waals surface area contributed by atoms with E-state index in [0.717, 1.165) is 17.0 Å². The van der Waals surface area contributed by atoms with Crippen LogP contribution in [0, 0.1) is 6.92 Å². The van der Waals surface area contributed by atoms with Crippen LogP contribution >= 0.6 is 0 Å². The minimum Gasteiger partial charge on any atom is -0.378 e. The molecule has 4 heteroatoms. The van der Waals surface area contributed by atoms with Gasteiger partial charge in [-0.2, -0.15) is 0 Å². The molecule has 1 heterocycles. The number of aromatic nitrogens is 2. The Bertz CT molecular complexity index is 252. The van der Waals surface area contributed by atoms with Crippen molar-refractivity contribution < 1.29 is 9.47 Å². The molecule has 0 N–H and O–H groups in total. The Morgan fingerprint density at radius 1 is 1.08 bits per heavy atom. The normalized spacial score (nSPS) is 10.4. The Balaban J connectivity index is 2.89. The van der Waals surface area contributed by atoms with Gasteiger partial charge in [0, 0.05) is 14.2 Å². The van der Waals surface area contributed by atoms with Gasteiger partial charge in [0.2, 0.25) is 0 Å². The van der Waals surface area contributed by atoms with Gasteiger partial charge in [-0.15, -0.1) is 0 Å². The summed E-state index contributed by atoms with van der Waals surface area (Å²) in [6, 6.07) is 0. The lowest BCUT2D eigenvalue weighted by Gasteiger charge is -2.07. The first-order chi connectivity index (χ1) is 6.29. The molecule has 4 nitrogen and oxygen atoms in total. The first-order valence-corrected chi connectivity index (χ1v) is 4.06. The van der Waals surface area contributed by atoms with Gasteiger partial charge < -0.3 is 9.47 Å². The third kappa shape index (κ3) is 2.47. The van der Waals surface area contributed by atoms with Crippen molar-refractivity contribution in [2.75, 3.05) is 14.2 Å². The zero-order valence-corrected chi connectivity index (χ0v) is 8.20. The van der Waals surface area contributed by atoms with Gasteiger partial charge in [-0.3, -0.25) is 0 Å². The van der Waals surface area contributed by atoms with Crippen molar-refractivity contribution >= 4 is 0 Å². The van der Waals surface area contributed by atoms with Crippen LogP contribution in [-0.2, 0) is 22.7 Å². The molecule has 0 spiro atoms. The maximum atomic E-state index is 5.01. The van der Waals surface area contributed by atoms with E-state index in [1.807, 2.05) is 6.92 Å². The topological polar surface area (TPSA) is 44.2 Å². The molecule has 0 aromatic carbocycles. The Labute approximate surface area is 77.9 Å². The van der Waals surface area contributed by atoms with Crippen LogP contribution in [0.4, 0.5) is 0 Å². The van der Waals surface area contributed by atoms with Gasteiger partial charge in [-0.05, 0) is 12.5 Å². The largest absolute Gasteiger partial charge is 0.378 e. The molecule has 72 valence electrons. The first-order valence-electron chi connectivity index (χ1n) is 4.06. The summed E-state index contributed by atoms with van der Waals surface area (Å²) in [6.45, 7) is 3.01.